The molecular formula is C11H19BrN2O2. The topological polar surface area (TPSA) is 63.4 Å². The van der Waals surface area contributed by atoms with Crippen LogP contribution in [0.3, 0.4) is 0 Å². The minimum Gasteiger partial charge on any atom is -0.370 e. The van der Waals surface area contributed by atoms with Crippen molar-refractivity contribution in [2.24, 2.45) is 11.7 Å². The Morgan fingerprint density at radius 3 is 2.44 bits per heavy atom. The largest absolute Gasteiger partial charge is 0.370 e. The number of likely N-dealkylation sites (tertiary alicyclic amines) is 1. The lowest BCUT2D eigenvalue weighted by Gasteiger charge is -2.32. The molecule has 1 rings (SSSR count). The fourth-order valence-corrected chi connectivity index (χ4v) is 2.30. The number of halogens is 1. The Bertz CT molecular complexity index is 263. The molecule has 2 N–H and O–H groups in total. The van der Waals surface area contributed by atoms with E-state index in [1.54, 1.807) is 0 Å². The number of hydrogen-bond donors (Lipinski definition) is 1. The first-order valence-electron chi connectivity index (χ1n) is 5.75. The zero-order valence-corrected chi connectivity index (χ0v) is 11.2. The summed E-state index contributed by atoms with van der Waals surface area (Å²) in [5.74, 6) is 0.286. The molecule has 1 aliphatic heterocycles. The summed E-state index contributed by atoms with van der Waals surface area (Å²) in [6.45, 7) is 3.48. The predicted octanol–water partition coefficient (Wildman–Crippen LogP) is 1.27. The van der Waals surface area contributed by atoms with E-state index in [0.717, 1.165) is 32.4 Å². The number of hydrogen-bond acceptors (Lipinski definition) is 2. The van der Waals surface area contributed by atoms with Crippen LogP contribution in [-0.4, -0.2) is 34.6 Å². The van der Waals surface area contributed by atoms with Gasteiger partial charge in [0.15, 0.2) is 0 Å². The van der Waals surface area contributed by atoms with E-state index in [2.05, 4.69) is 15.9 Å². The molecule has 0 aromatic rings. The molecule has 92 valence electrons. The third kappa shape index (κ3) is 3.77. The Balaban J connectivity index is 2.37. The first-order chi connectivity index (χ1) is 7.54. The first kappa shape index (κ1) is 13.5. The second-order valence-corrected chi connectivity index (χ2v) is 5.42. The quantitative estimate of drug-likeness (QED) is 0.793. The van der Waals surface area contributed by atoms with Crippen molar-refractivity contribution >= 4 is 27.7 Å². The van der Waals surface area contributed by atoms with Gasteiger partial charge in [-0.15, -0.1) is 0 Å². The predicted molar refractivity (Wildman–Crippen MR) is 66.1 cm³/mol. The van der Waals surface area contributed by atoms with E-state index in [4.69, 9.17) is 5.73 Å². The second-order valence-electron chi connectivity index (χ2n) is 4.31. The van der Waals surface area contributed by atoms with Crippen LogP contribution < -0.4 is 5.73 Å². The third-order valence-electron chi connectivity index (χ3n) is 3.04. The molecule has 2 amide bonds. The SMILES string of the molecule is CCC(Br)C(=O)N1CCC(CC(N)=O)CC1. The Hall–Kier alpha value is -0.580. The monoisotopic (exact) mass is 290 g/mol. The fraction of sp³-hybridized carbons (Fsp3) is 0.818. The molecule has 4 nitrogen and oxygen atoms in total. The van der Waals surface area contributed by atoms with Crippen LogP contribution in [0.5, 0.6) is 0 Å². The van der Waals surface area contributed by atoms with Crippen molar-refractivity contribution < 1.29 is 9.59 Å². The Labute approximate surface area is 105 Å². The Kier molecular flexibility index (Phi) is 5.25. The summed E-state index contributed by atoms with van der Waals surface area (Å²) in [5, 5.41) is 0. The summed E-state index contributed by atoms with van der Waals surface area (Å²) in [4.78, 5) is 24.4. The minimum absolute atomic E-state index is 0.0693. The molecule has 1 aliphatic rings. The summed E-state index contributed by atoms with van der Waals surface area (Å²) in [6, 6.07) is 0. The van der Waals surface area contributed by atoms with Crippen molar-refractivity contribution in [3.63, 3.8) is 0 Å². The summed E-state index contributed by atoms with van der Waals surface area (Å²) in [5.41, 5.74) is 5.16. The van der Waals surface area contributed by atoms with Gasteiger partial charge in [0.05, 0.1) is 4.83 Å². The molecule has 0 aliphatic carbocycles. The average molecular weight is 291 g/mol. The van der Waals surface area contributed by atoms with Crippen LogP contribution in [0, 0.1) is 5.92 Å². The smallest absolute Gasteiger partial charge is 0.236 e. The van der Waals surface area contributed by atoms with E-state index in [1.165, 1.54) is 0 Å². The highest BCUT2D eigenvalue weighted by molar-refractivity contribution is 9.10. The van der Waals surface area contributed by atoms with Crippen LogP contribution in [0.1, 0.15) is 32.6 Å². The molecule has 0 aromatic heterocycles. The lowest BCUT2D eigenvalue weighted by atomic mass is 9.93. The molecule has 0 bridgehead atoms. The highest BCUT2D eigenvalue weighted by Gasteiger charge is 2.26. The summed E-state index contributed by atoms with van der Waals surface area (Å²) < 4.78 is 0. The maximum atomic E-state index is 11.8. The molecule has 0 radical (unpaired) electrons. The maximum absolute atomic E-state index is 11.8. The number of piperidine rings is 1. The van der Waals surface area contributed by atoms with Crippen molar-refractivity contribution in [1.82, 2.24) is 4.90 Å². The van der Waals surface area contributed by atoms with E-state index in [1.807, 2.05) is 11.8 Å². The van der Waals surface area contributed by atoms with E-state index < -0.39 is 0 Å². The van der Waals surface area contributed by atoms with E-state index in [9.17, 15) is 9.59 Å². The number of alkyl halides is 1. The van der Waals surface area contributed by atoms with Gasteiger partial charge in [0.25, 0.3) is 0 Å². The molecule has 0 saturated carbocycles. The third-order valence-corrected chi connectivity index (χ3v) is 4.08. The number of nitrogens with two attached hydrogens (primary N) is 1. The standard InChI is InChI=1S/C11H19BrN2O2/c1-2-9(12)11(16)14-5-3-8(4-6-14)7-10(13)15/h8-9H,2-7H2,1H3,(H2,13,15). The van der Waals surface area contributed by atoms with Crippen molar-refractivity contribution in [3.05, 3.63) is 0 Å². The summed E-state index contributed by atoms with van der Waals surface area (Å²) in [7, 11) is 0. The van der Waals surface area contributed by atoms with Gasteiger partial charge in [-0.3, -0.25) is 9.59 Å². The zero-order valence-electron chi connectivity index (χ0n) is 9.62. The number of amides is 2. The molecule has 1 fully saturated rings. The van der Waals surface area contributed by atoms with Gasteiger partial charge in [0.2, 0.25) is 11.8 Å². The number of nitrogens with zero attached hydrogens (tertiary/aromatic N) is 1. The van der Waals surface area contributed by atoms with Gasteiger partial charge < -0.3 is 10.6 Å². The fourth-order valence-electron chi connectivity index (χ4n) is 2.01. The molecule has 1 atom stereocenters. The van der Waals surface area contributed by atoms with Gasteiger partial charge in [0, 0.05) is 19.5 Å². The minimum atomic E-state index is -0.239. The van der Waals surface area contributed by atoms with Crippen molar-refractivity contribution in [3.8, 4) is 0 Å². The highest BCUT2D eigenvalue weighted by Crippen LogP contribution is 2.22. The van der Waals surface area contributed by atoms with Crippen LogP contribution in [-0.2, 0) is 9.59 Å². The Morgan fingerprint density at radius 2 is 2.00 bits per heavy atom. The normalized spacial score (nSPS) is 19.5. The van der Waals surface area contributed by atoms with Crippen molar-refractivity contribution in [2.45, 2.75) is 37.4 Å². The van der Waals surface area contributed by atoms with Gasteiger partial charge in [-0.1, -0.05) is 22.9 Å². The molecule has 1 heterocycles. The summed E-state index contributed by atoms with van der Waals surface area (Å²) >= 11 is 3.37. The van der Waals surface area contributed by atoms with Crippen LogP contribution in [0.4, 0.5) is 0 Å². The van der Waals surface area contributed by atoms with Crippen molar-refractivity contribution in [2.75, 3.05) is 13.1 Å². The van der Waals surface area contributed by atoms with E-state index in [0.29, 0.717) is 12.3 Å². The molecular weight excluding hydrogens is 272 g/mol. The first-order valence-corrected chi connectivity index (χ1v) is 6.67. The zero-order chi connectivity index (χ0) is 12.1. The van der Waals surface area contributed by atoms with Crippen LogP contribution in [0.15, 0.2) is 0 Å². The van der Waals surface area contributed by atoms with Gasteiger partial charge >= 0.3 is 0 Å². The second kappa shape index (κ2) is 6.23. The number of rotatable bonds is 4. The molecule has 16 heavy (non-hydrogen) atoms. The molecule has 1 saturated heterocycles. The molecule has 1 unspecified atom stereocenters. The highest BCUT2D eigenvalue weighted by atomic mass is 79.9. The van der Waals surface area contributed by atoms with Gasteiger partial charge in [0.1, 0.15) is 0 Å². The number of carbonyl (C=O) groups is 2. The number of carbonyl (C=O) groups excluding carboxylic acids is 2. The van der Waals surface area contributed by atoms with Crippen molar-refractivity contribution in [1.29, 1.82) is 0 Å². The van der Waals surface area contributed by atoms with Gasteiger partial charge in [-0.2, -0.15) is 0 Å². The van der Waals surface area contributed by atoms with Crippen LogP contribution >= 0.6 is 15.9 Å². The van der Waals surface area contributed by atoms with Gasteiger partial charge in [-0.05, 0) is 25.2 Å². The number of primary amides is 1. The molecule has 5 heteroatoms. The average Bonchev–Trinajstić information content (AvgIpc) is 2.27. The lowest BCUT2D eigenvalue weighted by molar-refractivity contribution is -0.132. The van der Waals surface area contributed by atoms with Crippen LogP contribution in [0.25, 0.3) is 0 Å². The summed E-state index contributed by atoms with van der Waals surface area (Å²) in [6.07, 6.45) is 3.03. The van der Waals surface area contributed by atoms with E-state index in [-0.39, 0.29) is 16.6 Å². The molecule has 0 spiro atoms. The van der Waals surface area contributed by atoms with Crippen LogP contribution in [0.2, 0.25) is 0 Å². The Morgan fingerprint density at radius 1 is 1.44 bits per heavy atom. The lowest BCUT2D eigenvalue weighted by Crippen LogP contribution is -2.42. The van der Waals surface area contributed by atoms with Gasteiger partial charge in [-0.25, -0.2) is 0 Å². The van der Waals surface area contributed by atoms with E-state index >= 15 is 0 Å². The maximum Gasteiger partial charge on any atom is 0.236 e. The molecule has 0 aromatic carbocycles.